The van der Waals surface area contributed by atoms with Gasteiger partial charge in [0, 0.05) is 11.0 Å². The Balaban J connectivity index is 1.90. The van der Waals surface area contributed by atoms with Crippen LogP contribution in [0.3, 0.4) is 0 Å². The monoisotopic (exact) mass is 320 g/mol. The SMILES string of the molecule is Cc1cc2c(cc1S(=O)c1ccccc1)OC(OC(=O)O)O2. The van der Waals surface area contributed by atoms with Crippen molar-refractivity contribution in [2.75, 3.05) is 0 Å². The Kier molecular flexibility index (Phi) is 3.72. The zero-order valence-corrected chi connectivity index (χ0v) is 12.3. The van der Waals surface area contributed by atoms with Crippen LogP contribution < -0.4 is 9.47 Å². The number of ether oxygens (including phenoxy) is 3. The molecule has 6 nitrogen and oxygen atoms in total. The summed E-state index contributed by atoms with van der Waals surface area (Å²) in [6.45, 7) is 0.456. The summed E-state index contributed by atoms with van der Waals surface area (Å²) in [7, 11) is -1.37. The van der Waals surface area contributed by atoms with E-state index in [0.717, 1.165) is 5.56 Å². The van der Waals surface area contributed by atoms with E-state index < -0.39 is 23.4 Å². The van der Waals surface area contributed by atoms with Crippen LogP contribution in [0, 0.1) is 6.92 Å². The molecule has 114 valence electrons. The fourth-order valence-electron chi connectivity index (χ4n) is 2.06. The molecule has 22 heavy (non-hydrogen) atoms. The second-order valence-corrected chi connectivity index (χ2v) is 6.00. The first kappa shape index (κ1) is 14.4. The predicted octanol–water partition coefficient (Wildman–Crippen LogP) is 2.91. The number of rotatable bonds is 3. The number of hydrogen-bond acceptors (Lipinski definition) is 5. The normalized spacial score (nSPS) is 17.0. The van der Waals surface area contributed by atoms with Crippen LogP contribution in [0.2, 0.25) is 0 Å². The van der Waals surface area contributed by atoms with E-state index in [-0.39, 0.29) is 0 Å². The van der Waals surface area contributed by atoms with Crippen LogP contribution >= 0.6 is 0 Å². The molecule has 1 N–H and O–H groups in total. The van der Waals surface area contributed by atoms with Crippen molar-refractivity contribution in [3.8, 4) is 11.5 Å². The van der Waals surface area contributed by atoms with Gasteiger partial charge in [0.25, 0.3) is 0 Å². The van der Waals surface area contributed by atoms with Gasteiger partial charge in [-0.2, -0.15) is 0 Å². The van der Waals surface area contributed by atoms with E-state index in [9.17, 15) is 9.00 Å². The van der Waals surface area contributed by atoms with Gasteiger partial charge in [-0.15, -0.1) is 0 Å². The van der Waals surface area contributed by atoms with Crippen LogP contribution in [0.15, 0.2) is 52.3 Å². The van der Waals surface area contributed by atoms with E-state index >= 15 is 0 Å². The lowest BCUT2D eigenvalue weighted by Gasteiger charge is -2.07. The van der Waals surface area contributed by atoms with Crippen molar-refractivity contribution in [2.24, 2.45) is 0 Å². The molecular formula is C15H12O6S. The van der Waals surface area contributed by atoms with Gasteiger partial charge in [0.05, 0.1) is 15.7 Å². The van der Waals surface area contributed by atoms with E-state index in [0.29, 0.717) is 21.3 Å². The lowest BCUT2D eigenvalue weighted by Crippen LogP contribution is -2.24. The highest BCUT2D eigenvalue weighted by Gasteiger charge is 2.29. The van der Waals surface area contributed by atoms with Gasteiger partial charge >= 0.3 is 12.6 Å². The number of hydrogen-bond donors (Lipinski definition) is 1. The first-order chi connectivity index (χ1) is 10.5. The summed E-state index contributed by atoms with van der Waals surface area (Å²) < 4.78 is 27.5. The maximum absolute atomic E-state index is 12.6. The third kappa shape index (κ3) is 2.75. The van der Waals surface area contributed by atoms with Crippen molar-refractivity contribution in [3.05, 3.63) is 48.0 Å². The van der Waals surface area contributed by atoms with Crippen LogP contribution in [0.25, 0.3) is 0 Å². The molecule has 0 fully saturated rings. The number of aryl methyl sites for hydroxylation is 1. The Hall–Kier alpha value is -2.54. The molecule has 2 unspecified atom stereocenters. The minimum Gasteiger partial charge on any atom is -0.450 e. The van der Waals surface area contributed by atoms with E-state index in [1.54, 1.807) is 31.2 Å². The van der Waals surface area contributed by atoms with Gasteiger partial charge in [-0.1, -0.05) is 18.2 Å². The van der Waals surface area contributed by atoms with Crippen LogP contribution in [0.4, 0.5) is 4.79 Å². The quantitative estimate of drug-likeness (QED) is 0.876. The summed E-state index contributed by atoms with van der Waals surface area (Å²) in [6.07, 6.45) is -1.50. The molecule has 0 amide bonds. The highest BCUT2D eigenvalue weighted by molar-refractivity contribution is 7.85. The lowest BCUT2D eigenvalue weighted by molar-refractivity contribution is -0.147. The molecule has 0 aliphatic carbocycles. The van der Waals surface area contributed by atoms with Crippen molar-refractivity contribution in [2.45, 2.75) is 23.2 Å². The van der Waals surface area contributed by atoms with E-state index in [1.807, 2.05) is 18.2 Å². The molecule has 2 aromatic carbocycles. The standard InChI is InChI=1S/C15H12O6S/c1-9-7-11-12(20-15(19-11)21-14(16)17)8-13(9)22(18)10-5-3-2-4-6-10/h2-8,15H,1H3,(H,16,17). The maximum Gasteiger partial charge on any atom is 0.511 e. The summed E-state index contributed by atoms with van der Waals surface area (Å²) in [6, 6.07) is 12.3. The maximum atomic E-state index is 12.6. The van der Waals surface area contributed by atoms with Gasteiger partial charge in [0.15, 0.2) is 11.5 Å². The van der Waals surface area contributed by atoms with Crippen LogP contribution in [0.1, 0.15) is 5.56 Å². The number of benzene rings is 2. The van der Waals surface area contributed by atoms with E-state index in [2.05, 4.69) is 4.74 Å². The van der Waals surface area contributed by atoms with Crippen molar-refractivity contribution < 1.29 is 28.3 Å². The van der Waals surface area contributed by atoms with Gasteiger partial charge in [-0.25, -0.2) is 9.00 Å². The Labute approximate surface area is 128 Å². The predicted molar refractivity (Wildman–Crippen MR) is 76.4 cm³/mol. The molecule has 0 saturated carbocycles. The zero-order chi connectivity index (χ0) is 15.7. The van der Waals surface area contributed by atoms with Crippen molar-refractivity contribution in [1.29, 1.82) is 0 Å². The molecule has 3 rings (SSSR count). The fourth-order valence-corrected chi connectivity index (χ4v) is 3.28. The molecule has 7 heteroatoms. The summed E-state index contributed by atoms with van der Waals surface area (Å²) in [5.41, 5.74) is 0.750. The highest BCUT2D eigenvalue weighted by atomic mass is 32.2. The third-order valence-electron chi connectivity index (χ3n) is 3.04. The minimum absolute atomic E-state index is 0.302. The summed E-state index contributed by atoms with van der Waals surface area (Å²) in [5, 5.41) is 8.57. The average Bonchev–Trinajstić information content (AvgIpc) is 2.86. The second kappa shape index (κ2) is 5.69. The highest BCUT2D eigenvalue weighted by Crippen LogP contribution is 2.39. The molecule has 1 heterocycles. The van der Waals surface area contributed by atoms with Crippen LogP contribution in [-0.4, -0.2) is 21.9 Å². The van der Waals surface area contributed by atoms with Gasteiger partial charge in [0.2, 0.25) is 0 Å². The minimum atomic E-state index is -1.50. The van der Waals surface area contributed by atoms with E-state index in [1.165, 1.54) is 0 Å². The Morgan fingerprint density at radius 1 is 1.18 bits per heavy atom. The van der Waals surface area contributed by atoms with Gasteiger partial charge in [0.1, 0.15) is 0 Å². The first-order valence-corrected chi connectivity index (χ1v) is 7.54. The molecule has 0 aromatic heterocycles. The second-order valence-electron chi connectivity index (χ2n) is 4.55. The Morgan fingerprint density at radius 3 is 2.45 bits per heavy atom. The largest absolute Gasteiger partial charge is 0.511 e. The van der Waals surface area contributed by atoms with Gasteiger partial charge < -0.3 is 19.3 Å². The molecule has 0 radical (unpaired) electrons. The molecule has 1 aliphatic heterocycles. The average molecular weight is 320 g/mol. The summed E-state index contributed by atoms with van der Waals surface area (Å²) in [5.74, 6) is 0.661. The van der Waals surface area contributed by atoms with Crippen molar-refractivity contribution >= 4 is 17.0 Å². The molecule has 0 bridgehead atoms. The third-order valence-corrected chi connectivity index (χ3v) is 4.58. The number of fused-ring (bicyclic) bond motifs is 1. The zero-order valence-electron chi connectivity index (χ0n) is 11.5. The lowest BCUT2D eigenvalue weighted by atomic mass is 10.2. The van der Waals surface area contributed by atoms with Crippen LogP contribution in [0.5, 0.6) is 11.5 Å². The van der Waals surface area contributed by atoms with Gasteiger partial charge in [-0.3, -0.25) is 0 Å². The topological polar surface area (TPSA) is 82.1 Å². The smallest absolute Gasteiger partial charge is 0.450 e. The molecule has 0 saturated heterocycles. The van der Waals surface area contributed by atoms with Crippen LogP contribution in [-0.2, 0) is 15.5 Å². The van der Waals surface area contributed by atoms with Crippen molar-refractivity contribution in [3.63, 3.8) is 0 Å². The number of carboxylic acid groups (broad SMARTS) is 1. The van der Waals surface area contributed by atoms with E-state index in [4.69, 9.17) is 14.6 Å². The number of carbonyl (C=O) groups is 1. The fraction of sp³-hybridized carbons (Fsp3) is 0.133. The first-order valence-electron chi connectivity index (χ1n) is 6.39. The Bertz CT molecular complexity index is 743. The molecule has 2 atom stereocenters. The van der Waals surface area contributed by atoms with Gasteiger partial charge in [-0.05, 0) is 30.7 Å². The Morgan fingerprint density at radius 2 is 1.82 bits per heavy atom. The molecular weight excluding hydrogens is 308 g/mol. The molecule has 0 spiro atoms. The summed E-state index contributed by atoms with van der Waals surface area (Å²) >= 11 is 0. The molecule has 1 aliphatic rings. The molecule has 2 aromatic rings. The summed E-state index contributed by atoms with van der Waals surface area (Å²) in [4.78, 5) is 11.7. The van der Waals surface area contributed by atoms with Crippen molar-refractivity contribution in [1.82, 2.24) is 0 Å².